The fourth-order valence-electron chi connectivity index (χ4n) is 3.96. The minimum atomic E-state index is -0.953. The van der Waals surface area contributed by atoms with Gasteiger partial charge in [0, 0.05) is 11.5 Å². The van der Waals surface area contributed by atoms with Crippen LogP contribution in [0.1, 0.15) is 41.2 Å². The molecular weight excluding hydrogens is 384 g/mol. The van der Waals surface area contributed by atoms with Gasteiger partial charge in [-0.05, 0) is 70.5 Å². The first kappa shape index (κ1) is 20.4. The minimum absolute atomic E-state index is 0.852. The van der Waals surface area contributed by atoms with Crippen molar-refractivity contribution in [2.24, 2.45) is 0 Å². The summed E-state index contributed by atoms with van der Waals surface area (Å²) in [6.45, 7) is 4.32. The Bertz CT molecular complexity index is 1290. The first-order chi connectivity index (χ1) is 15.1. The molecular formula is C27H24N2O2. The lowest BCUT2D eigenvalue weighted by molar-refractivity contribution is -0.131. The number of hydrogen-bond acceptors (Lipinski definition) is 2. The number of rotatable bonds is 6. The molecule has 0 aliphatic heterocycles. The van der Waals surface area contributed by atoms with E-state index in [4.69, 9.17) is 5.11 Å². The predicted octanol–water partition coefficient (Wildman–Crippen LogP) is 6.34. The highest BCUT2D eigenvalue weighted by Crippen LogP contribution is 2.36. The van der Waals surface area contributed by atoms with Gasteiger partial charge in [-0.1, -0.05) is 61.5 Å². The molecule has 1 heterocycles. The van der Waals surface area contributed by atoms with Crippen LogP contribution < -0.4 is 0 Å². The molecule has 4 aromatic rings. The van der Waals surface area contributed by atoms with Crippen LogP contribution in [0.2, 0.25) is 0 Å². The Morgan fingerprint density at radius 3 is 2.48 bits per heavy atom. The van der Waals surface area contributed by atoms with Crippen molar-refractivity contribution in [2.75, 3.05) is 0 Å². The van der Waals surface area contributed by atoms with E-state index in [2.05, 4.69) is 78.6 Å². The largest absolute Gasteiger partial charge is 0.478 e. The van der Waals surface area contributed by atoms with Crippen molar-refractivity contribution >= 4 is 34.1 Å². The molecule has 154 valence electrons. The molecule has 0 spiro atoms. The van der Waals surface area contributed by atoms with Crippen molar-refractivity contribution in [2.45, 2.75) is 20.3 Å². The van der Waals surface area contributed by atoms with Crippen LogP contribution in [-0.4, -0.2) is 21.3 Å². The van der Waals surface area contributed by atoms with Gasteiger partial charge < -0.3 is 5.11 Å². The van der Waals surface area contributed by atoms with Crippen LogP contribution in [0.25, 0.3) is 28.1 Å². The predicted molar refractivity (Wildman–Crippen MR) is 127 cm³/mol. The number of allylic oxidation sites excluding steroid dienone is 1. The van der Waals surface area contributed by atoms with Crippen molar-refractivity contribution in [3.05, 3.63) is 107 Å². The Hall–Kier alpha value is -3.92. The van der Waals surface area contributed by atoms with Crippen molar-refractivity contribution < 1.29 is 9.90 Å². The second kappa shape index (κ2) is 8.84. The Kier molecular flexibility index (Phi) is 5.80. The lowest BCUT2D eigenvalue weighted by Crippen LogP contribution is -1.97. The minimum Gasteiger partial charge on any atom is -0.478 e. The van der Waals surface area contributed by atoms with Crippen molar-refractivity contribution in [1.82, 2.24) is 10.2 Å². The normalized spacial score (nSPS) is 12.3. The summed E-state index contributed by atoms with van der Waals surface area (Å²) >= 11 is 0. The highest BCUT2D eigenvalue weighted by Gasteiger charge is 2.15. The van der Waals surface area contributed by atoms with Gasteiger partial charge in [0.15, 0.2) is 0 Å². The number of fused-ring (bicyclic) bond motifs is 1. The summed E-state index contributed by atoms with van der Waals surface area (Å²) in [5.74, 6) is -0.953. The fourth-order valence-corrected chi connectivity index (χ4v) is 3.96. The zero-order valence-corrected chi connectivity index (χ0v) is 17.6. The van der Waals surface area contributed by atoms with E-state index in [0.717, 1.165) is 40.1 Å². The lowest BCUT2D eigenvalue weighted by Gasteiger charge is -2.18. The van der Waals surface area contributed by atoms with Gasteiger partial charge in [0.25, 0.3) is 0 Å². The summed E-state index contributed by atoms with van der Waals surface area (Å²) in [5.41, 5.74) is 9.00. The maximum Gasteiger partial charge on any atom is 0.328 e. The third kappa shape index (κ3) is 4.33. The van der Waals surface area contributed by atoms with Gasteiger partial charge in [0.2, 0.25) is 0 Å². The summed E-state index contributed by atoms with van der Waals surface area (Å²) in [6, 6.07) is 22.8. The number of carboxylic acids is 1. The third-order valence-corrected chi connectivity index (χ3v) is 5.47. The van der Waals surface area contributed by atoms with Gasteiger partial charge in [-0.2, -0.15) is 5.10 Å². The number of carbonyl (C=O) groups is 1. The van der Waals surface area contributed by atoms with Gasteiger partial charge in [0.05, 0.1) is 11.7 Å². The van der Waals surface area contributed by atoms with E-state index in [-0.39, 0.29) is 0 Å². The summed E-state index contributed by atoms with van der Waals surface area (Å²) in [5, 5.41) is 17.1. The van der Waals surface area contributed by atoms with Crippen LogP contribution in [0.15, 0.2) is 79.0 Å². The van der Waals surface area contributed by atoms with E-state index >= 15 is 0 Å². The van der Waals surface area contributed by atoms with Crippen molar-refractivity contribution in [3.63, 3.8) is 0 Å². The van der Waals surface area contributed by atoms with Crippen LogP contribution in [-0.2, 0) is 4.79 Å². The third-order valence-electron chi connectivity index (χ3n) is 5.47. The molecule has 0 bridgehead atoms. The number of hydrogen-bond donors (Lipinski definition) is 2. The zero-order valence-electron chi connectivity index (χ0n) is 17.6. The number of nitrogens with one attached hydrogen (secondary N) is 1. The molecule has 0 unspecified atom stereocenters. The number of benzene rings is 3. The number of aliphatic carboxylic acids is 1. The molecule has 0 saturated heterocycles. The number of aryl methyl sites for hydroxylation is 1. The molecule has 0 atom stereocenters. The summed E-state index contributed by atoms with van der Waals surface area (Å²) in [6.07, 6.45) is 5.48. The first-order valence-corrected chi connectivity index (χ1v) is 10.3. The Balaban J connectivity index is 1.92. The average molecular weight is 409 g/mol. The molecule has 31 heavy (non-hydrogen) atoms. The number of H-pyrrole nitrogens is 1. The standard InChI is InChI=1S/C27H24N2O2/c1-3-23(24-7-5-4-6-18(24)2)27(21-13-14-25-22(16-21)17-28-29-25)20-11-8-19(9-12-20)10-15-26(30)31/h4-17H,3H2,1-2H3,(H,28,29)(H,30,31). The second-order valence-electron chi connectivity index (χ2n) is 7.49. The Morgan fingerprint density at radius 1 is 1.03 bits per heavy atom. The van der Waals surface area contributed by atoms with Crippen LogP contribution in [0.5, 0.6) is 0 Å². The maximum atomic E-state index is 10.8. The highest BCUT2D eigenvalue weighted by molar-refractivity contribution is 6.01. The molecule has 2 N–H and O–H groups in total. The van der Waals surface area contributed by atoms with Gasteiger partial charge in [-0.15, -0.1) is 0 Å². The molecule has 4 rings (SSSR count). The molecule has 0 aliphatic rings. The Morgan fingerprint density at radius 2 is 1.77 bits per heavy atom. The zero-order chi connectivity index (χ0) is 21.8. The van der Waals surface area contributed by atoms with E-state index in [1.54, 1.807) is 6.08 Å². The Labute approximate surface area is 181 Å². The number of aromatic amines is 1. The smallest absolute Gasteiger partial charge is 0.328 e. The van der Waals surface area contributed by atoms with E-state index in [0.29, 0.717) is 0 Å². The topological polar surface area (TPSA) is 66.0 Å². The monoisotopic (exact) mass is 408 g/mol. The quantitative estimate of drug-likeness (QED) is 0.289. The molecule has 0 saturated carbocycles. The van der Waals surface area contributed by atoms with Crippen LogP contribution in [0.4, 0.5) is 0 Å². The lowest BCUT2D eigenvalue weighted by atomic mass is 9.86. The van der Waals surface area contributed by atoms with Crippen molar-refractivity contribution in [1.29, 1.82) is 0 Å². The van der Waals surface area contributed by atoms with Gasteiger partial charge in [-0.3, -0.25) is 5.10 Å². The summed E-state index contributed by atoms with van der Waals surface area (Å²) < 4.78 is 0. The maximum absolute atomic E-state index is 10.8. The molecule has 0 amide bonds. The van der Waals surface area contributed by atoms with E-state index in [1.165, 1.54) is 22.3 Å². The van der Waals surface area contributed by atoms with Gasteiger partial charge >= 0.3 is 5.97 Å². The summed E-state index contributed by atoms with van der Waals surface area (Å²) in [7, 11) is 0. The number of aromatic nitrogens is 2. The summed E-state index contributed by atoms with van der Waals surface area (Å²) in [4.78, 5) is 10.8. The van der Waals surface area contributed by atoms with E-state index in [9.17, 15) is 4.79 Å². The highest BCUT2D eigenvalue weighted by atomic mass is 16.4. The van der Waals surface area contributed by atoms with Crippen LogP contribution in [0.3, 0.4) is 0 Å². The average Bonchev–Trinajstić information content (AvgIpc) is 3.25. The van der Waals surface area contributed by atoms with Crippen LogP contribution >= 0.6 is 0 Å². The van der Waals surface area contributed by atoms with Crippen molar-refractivity contribution in [3.8, 4) is 0 Å². The van der Waals surface area contributed by atoms with E-state index < -0.39 is 5.97 Å². The molecule has 0 radical (unpaired) electrons. The SMILES string of the molecule is CCC(=C(c1ccc(C=CC(=O)O)cc1)c1ccc2[nH]ncc2c1)c1ccccc1C. The molecule has 3 aromatic carbocycles. The number of carboxylic acid groups (broad SMARTS) is 1. The molecule has 4 heteroatoms. The number of nitrogens with zero attached hydrogens (tertiary/aromatic N) is 1. The van der Waals surface area contributed by atoms with Crippen LogP contribution in [0, 0.1) is 6.92 Å². The molecule has 0 fully saturated rings. The van der Waals surface area contributed by atoms with Gasteiger partial charge in [0.1, 0.15) is 0 Å². The fraction of sp³-hybridized carbons (Fsp3) is 0.111. The molecule has 0 aliphatic carbocycles. The first-order valence-electron chi connectivity index (χ1n) is 10.3. The molecule has 4 nitrogen and oxygen atoms in total. The van der Waals surface area contributed by atoms with E-state index in [1.807, 2.05) is 18.3 Å². The second-order valence-corrected chi connectivity index (χ2v) is 7.49. The molecule has 1 aromatic heterocycles. The van der Waals surface area contributed by atoms with Gasteiger partial charge in [-0.25, -0.2) is 4.79 Å².